The van der Waals surface area contributed by atoms with Crippen LogP contribution >= 0.6 is 0 Å². The molecule has 2 unspecified atom stereocenters. The Balaban J connectivity index is 3.86. The zero-order valence-corrected chi connectivity index (χ0v) is 10.8. The van der Waals surface area contributed by atoms with Crippen LogP contribution in [0, 0.1) is 0 Å². The second-order valence-corrected chi connectivity index (χ2v) is 3.99. The molecule has 3 heteroatoms. The largest absolute Gasteiger partial charge is 0.377 e. The van der Waals surface area contributed by atoms with Crippen LogP contribution in [0.25, 0.3) is 0 Å². The van der Waals surface area contributed by atoms with Crippen LogP contribution in [-0.2, 0) is 4.74 Å². The number of ether oxygens (including phenoxy) is 1. The van der Waals surface area contributed by atoms with E-state index in [1.807, 2.05) is 6.92 Å². The Labute approximate surface area is 95.0 Å². The molecular formula is C12H28N2O. The van der Waals surface area contributed by atoms with Crippen LogP contribution in [0.1, 0.15) is 40.5 Å². The number of hydrogen-bond acceptors (Lipinski definition) is 3. The SMILES string of the molecule is CCOC(CN)CCN(CC)C(C)CC. The molecule has 0 saturated carbocycles. The van der Waals surface area contributed by atoms with Crippen molar-refractivity contribution in [2.75, 3.05) is 26.2 Å². The minimum Gasteiger partial charge on any atom is -0.377 e. The third-order valence-corrected chi connectivity index (χ3v) is 3.02. The molecule has 0 aromatic heterocycles. The molecule has 15 heavy (non-hydrogen) atoms. The molecule has 0 fully saturated rings. The zero-order valence-electron chi connectivity index (χ0n) is 10.8. The molecule has 0 radical (unpaired) electrons. The molecule has 0 saturated heterocycles. The summed E-state index contributed by atoms with van der Waals surface area (Å²) in [5.41, 5.74) is 5.65. The van der Waals surface area contributed by atoms with Crippen molar-refractivity contribution in [2.24, 2.45) is 5.73 Å². The Morgan fingerprint density at radius 3 is 2.33 bits per heavy atom. The van der Waals surface area contributed by atoms with Gasteiger partial charge >= 0.3 is 0 Å². The quantitative estimate of drug-likeness (QED) is 0.639. The van der Waals surface area contributed by atoms with Crippen molar-refractivity contribution in [1.82, 2.24) is 4.90 Å². The van der Waals surface area contributed by atoms with Crippen molar-refractivity contribution >= 4 is 0 Å². The van der Waals surface area contributed by atoms with Gasteiger partial charge in [0.05, 0.1) is 6.10 Å². The highest BCUT2D eigenvalue weighted by atomic mass is 16.5. The molecule has 0 heterocycles. The van der Waals surface area contributed by atoms with Gasteiger partial charge in [0.1, 0.15) is 0 Å². The first kappa shape index (κ1) is 14.9. The fourth-order valence-corrected chi connectivity index (χ4v) is 1.76. The molecule has 0 rings (SSSR count). The van der Waals surface area contributed by atoms with Crippen LogP contribution in [0.2, 0.25) is 0 Å². The molecule has 0 spiro atoms. The predicted octanol–water partition coefficient (Wildman–Crippen LogP) is 1.86. The first-order valence-corrected chi connectivity index (χ1v) is 6.25. The average Bonchev–Trinajstić information content (AvgIpc) is 2.27. The van der Waals surface area contributed by atoms with Gasteiger partial charge in [-0.2, -0.15) is 0 Å². The smallest absolute Gasteiger partial charge is 0.0709 e. The fraction of sp³-hybridized carbons (Fsp3) is 1.00. The van der Waals surface area contributed by atoms with E-state index in [1.54, 1.807) is 0 Å². The molecular weight excluding hydrogens is 188 g/mol. The lowest BCUT2D eigenvalue weighted by Gasteiger charge is -2.28. The van der Waals surface area contributed by atoms with E-state index in [2.05, 4.69) is 25.7 Å². The van der Waals surface area contributed by atoms with Crippen molar-refractivity contribution in [1.29, 1.82) is 0 Å². The van der Waals surface area contributed by atoms with Gasteiger partial charge in [-0.1, -0.05) is 13.8 Å². The maximum Gasteiger partial charge on any atom is 0.0709 e. The summed E-state index contributed by atoms with van der Waals surface area (Å²) in [7, 11) is 0. The van der Waals surface area contributed by atoms with Crippen molar-refractivity contribution in [3.05, 3.63) is 0 Å². The summed E-state index contributed by atoms with van der Waals surface area (Å²) in [5, 5.41) is 0. The van der Waals surface area contributed by atoms with E-state index in [-0.39, 0.29) is 6.10 Å². The van der Waals surface area contributed by atoms with Gasteiger partial charge < -0.3 is 15.4 Å². The molecule has 0 aliphatic heterocycles. The Morgan fingerprint density at radius 1 is 1.27 bits per heavy atom. The van der Waals surface area contributed by atoms with Crippen LogP contribution in [0.5, 0.6) is 0 Å². The van der Waals surface area contributed by atoms with Gasteiger partial charge in [0.2, 0.25) is 0 Å². The normalized spacial score (nSPS) is 15.6. The van der Waals surface area contributed by atoms with E-state index < -0.39 is 0 Å². The average molecular weight is 216 g/mol. The van der Waals surface area contributed by atoms with Crippen molar-refractivity contribution in [3.8, 4) is 0 Å². The van der Waals surface area contributed by atoms with E-state index in [0.717, 1.165) is 26.1 Å². The van der Waals surface area contributed by atoms with Crippen molar-refractivity contribution in [3.63, 3.8) is 0 Å². The molecule has 2 atom stereocenters. The van der Waals surface area contributed by atoms with Crippen LogP contribution < -0.4 is 5.73 Å². The molecule has 0 aliphatic rings. The van der Waals surface area contributed by atoms with Gasteiger partial charge in [-0.05, 0) is 33.2 Å². The fourth-order valence-electron chi connectivity index (χ4n) is 1.76. The summed E-state index contributed by atoms with van der Waals surface area (Å²) >= 11 is 0. The molecule has 0 bridgehead atoms. The molecule has 2 N–H and O–H groups in total. The van der Waals surface area contributed by atoms with Gasteiger partial charge in [0, 0.05) is 25.7 Å². The standard InChI is InChI=1S/C12H28N2O/c1-5-11(4)14(6-2)9-8-12(10-13)15-7-3/h11-12H,5-10,13H2,1-4H3. The second-order valence-electron chi connectivity index (χ2n) is 3.99. The third kappa shape index (κ3) is 6.13. The minimum atomic E-state index is 0.230. The van der Waals surface area contributed by atoms with Crippen LogP contribution in [0.15, 0.2) is 0 Å². The number of rotatable bonds is 9. The molecule has 0 aromatic rings. The second kappa shape index (κ2) is 9.13. The first-order chi connectivity index (χ1) is 7.19. The van der Waals surface area contributed by atoms with Crippen molar-refractivity contribution < 1.29 is 4.74 Å². The Kier molecular flexibility index (Phi) is 9.06. The van der Waals surface area contributed by atoms with Gasteiger partial charge in [0.15, 0.2) is 0 Å². The summed E-state index contributed by atoms with van der Waals surface area (Å²) in [6.45, 7) is 12.3. The van der Waals surface area contributed by atoms with Crippen molar-refractivity contribution in [2.45, 2.75) is 52.7 Å². The van der Waals surface area contributed by atoms with Crippen LogP contribution in [-0.4, -0.2) is 43.3 Å². The number of nitrogens with two attached hydrogens (primary N) is 1. The first-order valence-electron chi connectivity index (χ1n) is 6.25. The maximum absolute atomic E-state index is 5.65. The highest BCUT2D eigenvalue weighted by Gasteiger charge is 2.12. The van der Waals surface area contributed by atoms with E-state index in [1.165, 1.54) is 6.42 Å². The Hall–Kier alpha value is -0.120. The van der Waals surface area contributed by atoms with Crippen LogP contribution in [0.4, 0.5) is 0 Å². The summed E-state index contributed by atoms with van der Waals surface area (Å²) in [6, 6.07) is 0.662. The lowest BCUT2D eigenvalue weighted by molar-refractivity contribution is 0.0509. The molecule has 92 valence electrons. The highest BCUT2D eigenvalue weighted by molar-refractivity contribution is 4.68. The number of nitrogens with zero attached hydrogens (tertiary/aromatic N) is 1. The van der Waals surface area contributed by atoms with Gasteiger partial charge in [0.25, 0.3) is 0 Å². The highest BCUT2D eigenvalue weighted by Crippen LogP contribution is 2.06. The maximum atomic E-state index is 5.65. The van der Waals surface area contributed by atoms with E-state index in [0.29, 0.717) is 12.6 Å². The predicted molar refractivity (Wildman–Crippen MR) is 66.1 cm³/mol. The summed E-state index contributed by atoms with van der Waals surface area (Å²) in [5.74, 6) is 0. The van der Waals surface area contributed by atoms with Gasteiger partial charge in [-0.3, -0.25) is 0 Å². The van der Waals surface area contributed by atoms with E-state index in [9.17, 15) is 0 Å². The lowest BCUT2D eigenvalue weighted by Crippen LogP contribution is -2.36. The molecule has 0 aliphatic carbocycles. The van der Waals surface area contributed by atoms with Gasteiger partial charge in [-0.25, -0.2) is 0 Å². The number of hydrogen-bond donors (Lipinski definition) is 1. The summed E-state index contributed by atoms with van der Waals surface area (Å²) in [6.07, 6.45) is 2.48. The van der Waals surface area contributed by atoms with E-state index >= 15 is 0 Å². The minimum absolute atomic E-state index is 0.230. The molecule has 0 amide bonds. The topological polar surface area (TPSA) is 38.5 Å². The van der Waals surface area contributed by atoms with Gasteiger partial charge in [-0.15, -0.1) is 0 Å². The molecule has 3 nitrogen and oxygen atoms in total. The monoisotopic (exact) mass is 216 g/mol. The van der Waals surface area contributed by atoms with Crippen LogP contribution in [0.3, 0.4) is 0 Å². The molecule has 0 aromatic carbocycles. The van der Waals surface area contributed by atoms with E-state index in [4.69, 9.17) is 10.5 Å². The third-order valence-electron chi connectivity index (χ3n) is 3.02. The Morgan fingerprint density at radius 2 is 1.93 bits per heavy atom. The lowest BCUT2D eigenvalue weighted by atomic mass is 10.2. The summed E-state index contributed by atoms with van der Waals surface area (Å²) in [4.78, 5) is 2.49. The summed E-state index contributed by atoms with van der Waals surface area (Å²) < 4.78 is 5.55. The Bertz CT molecular complexity index is 142. The zero-order chi connectivity index (χ0) is 11.7.